The van der Waals surface area contributed by atoms with Crippen LogP contribution in [0.1, 0.15) is 77.1 Å². The van der Waals surface area contributed by atoms with Gasteiger partial charge in [0.05, 0.1) is 43.0 Å². The number of likely N-dealkylation sites (tertiary alicyclic amines) is 2. The fourth-order valence-electron chi connectivity index (χ4n) is 7.41. The van der Waals surface area contributed by atoms with Crippen molar-refractivity contribution < 1.29 is 29.0 Å². The smallest absolute Gasteiger partial charge is 0.407 e. The second-order valence-electron chi connectivity index (χ2n) is 14.7. The zero-order valence-electron chi connectivity index (χ0n) is 31.5. The lowest BCUT2D eigenvalue weighted by Crippen LogP contribution is -2.51. The Labute approximate surface area is 315 Å². The molecular weight excluding hydrogens is 688 g/mol. The number of benzene rings is 2. The fourth-order valence-corrected chi connectivity index (χ4v) is 7.41. The summed E-state index contributed by atoms with van der Waals surface area (Å²) in [6, 6.07) is 14.6. The van der Waals surface area contributed by atoms with E-state index in [9.17, 15) is 24.3 Å². The Kier molecular flexibility index (Phi) is 11.8. The molecule has 4 atom stereocenters. The number of aromatic nitrogens is 4. The summed E-state index contributed by atoms with van der Waals surface area (Å²) in [5.74, 6) is 0.296. The average molecular weight is 739 g/mol. The molecule has 2 aliphatic rings. The predicted molar refractivity (Wildman–Crippen MR) is 202 cm³/mol. The van der Waals surface area contributed by atoms with Gasteiger partial charge in [-0.25, -0.2) is 14.8 Å². The molecule has 2 aromatic heterocycles. The van der Waals surface area contributed by atoms with Crippen LogP contribution < -0.4 is 10.6 Å². The van der Waals surface area contributed by atoms with E-state index in [4.69, 9.17) is 4.74 Å². The lowest BCUT2D eigenvalue weighted by molar-refractivity contribution is -0.139. The minimum atomic E-state index is -0.722. The van der Waals surface area contributed by atoms with Crippen LogP contribution in [0.5, 0.6) is 0 Å². The molecule has 286 valence electrons. The van der Waals surface area contributed by atoms with Crippen molar-refractivity contribution in [2.45, 2.75) is 77.5 Å². The Hall–Kier alpha value is -5.50. The van der Waals surface area contributed by atoms with Gasteiger partial charge in [0, 0.05) is 13.1 Å². The van der Waals surface area contributed by atoms with Gasteiger partial charge in [-0.3, -0.25) is 14.4 Å². The maximum Gasteiger partial charge on any atom is 0.407 e. The molecule has 3 unspecified atom stereocenters. The molecular formula is C40H50N8O6. The second-order valence-corrected chi connectivity index (χ2v) is 14.7. The lowest BCUT2D eigenvalue weighted by atomic mass is 10.0. The molecule has 2 saturated heterocycles. The molecule has 2 aromatic carbocycles. The van der Waals surface area contributed by atoms with E-state index in [1.807, 2.05) is 52.0 Å². The predicted octanol–water partition coefficient (Wildman–Crippen LogP) is 4.97. The van der Waals surface area contributed by atoms with Gasteiger partial charge in [-0.15, -0.1) is 0 Å². The van der Waals surface area contributed by atoms with Crippen LogP contribution in [0.2, 0.25) is 0 Å². The van der Waals surface area contributed by atoms with Gasteiger partial charge in [-0.1, -0.05) is 76.2 Å². The molecule has 14 nitrogen and oxygen atoms in total. The molecule has 0 spiro atoms. The van der Waals surface area contributed by atoms with Gasteiger partial charge in [0.15, 0.2) is 0 Å². The molecule has 14 heteroatoms. The first kappa shape index (κ1) is 38.2. The van der Waals surface area contributed by atoms with Crippen molar-refractivity contribution >= 4 is 23.8 Å². The molecule has 4 heterocycles. The number of amides is 4. The summed E-state index contributed by atoms with van der Waals surface area (Å²) in [4.78, 5) is 70.6. The van der Waals surface area contributed by atoms with Crippen molar-refractivity contribution in [3.05, 3.63) is 72.6 Å². The molecule has 2 aliphatic heterocycles. The number of aliphatic hydroxyl groups is 1. The minimum Gasteiger partial charge on any atom is -0.453 e. The summed E-state index contributed by atoms with van der Waals surface area (Å²) in [5, 5.41) is 14.6. The highest BCUT2D eigenvalue weighted by molar-refractivity contribution is 5.89. The summed E-state index contributed by atoms with van der Waals surface area (Å²) in [6.07, 6.45) is 6.17. The summed E-state index contributed by atoms with van der Waals surface area (Å²) in [5.41, 5.74) is 5.73. The molecule has 0 bridgehead atoms. The highest BCUT2D eigenvalue weighted by Crippen LogP contribution is 2.35. The number of hydrogen-bond acceptors (Lipinski definition) is 8. The summed E-state index contributed by atoms with van der Waals surface area (Å²) in [6.45, 7) is 8.04. The topological polar surface area (TPSA) is 186 Å². The van der Waals surface area contributed by atoms with Gasteiger partial charge in [0.25, 0.3) is 0 Å². The molecule has 4 aromatic rings. The lowest BCUT2D eigenvalue weighted by Gasteiger charge is -2.30. The van der Waals surface area contributed by atoms with Crippen LogP contribution in [-0.4, -0.2) is 97.5 Å². The number of alkyl carbamates (subject to hydrolysis) is 1. The first-order valence-electron chi connectivity index (χ1n) is 18.7. The number of methoxy groups -OCH3 is 1. The van der Waals surface area contributed by atoms with E-state index >= 15 is 0 Å². The highest BCUT2D eigenvalue weighted by Gasteiger charge is 2.38. The van der Waals surface area contributed by atoms with Gasteiger partial charge < -0.3 is 40.2 Å². The maximum atomic E-state index is 13.5. The van der Waals surface area contributed by atoms with Crippen LogP contribution in [0.25, 0.3) is 33.6 Å². The zero-order valence-corrected chi connectivity index (χ0v) is 31.5. The standard InChI is InChI=1S/C40H50N8O6/c1-23(2)34(45-33(50)22-49)38(51)47-18-6-8-31(47)36-41-20-29(43-36)27-14-10-25(11-15-27)26-12-16-28(17-13-26)30-21-42-37(44-30)32-9-7-19-48(32)39(52)35(24(3)4)46-40(53)54-5/h10-17,20-21,23-24,31-32,34-35,49H,6-9,18-19,22H2,1-5H3,(H,41,43)(H,42,44)(H,45,50)(H,46,53)/t31?,32?,34?,35-/m0/s1. The number of H-pyrrole nitrogens is 2. The first-order valence-corrected chi connectivity index (χ1v) is 18.7. The molecule has 0 radical (unpaired) electrons. The fraction of sp³-hybridized carbons (Fsp3) is 0.450. The Balaban J connectivity index is 1.11. The number of rotatable bonds is 12. The Morgan fingerprint density at radius 1 is 0.722 bits per heavy atom. The highest BCUT2D eigenvalue weighted by atomic mass is 16.5. The monoisotopic (exact) mass is 738 g/mol. The number of carbonyl (C=O) groups is 4. The van der Waals surface area contributed by atoms with Crippen molar-refractivity contribution in [2.75, 3.05) is 26.8 Å². The van der Waals surface area contributed by atoms with Gasteiger partial charge in [-0.05, 0) is 59.8 Å². The third-order valence-electron chi connectivity index (χ3n) is 10.4. The molecule has 2 fully saturated rings. The summed E-state index contributed by atoms with van der Waals surface area (Å²) >= 11 is 0. The number of nitrogens with one attached hydrogen (secondary N) is 4. The third kappa shape index (κ3) is 8.18. The van der Waals surface area contributed by atoms with Crippen LogP contribution >= 0.6 is 0 Å². The van der Waals surface area contributed by atoms with Gasteiger partial charge >= 0.3 is 6.09 Å². The van der Waals surface area contributed by atoms with E-state index < -0.39 is 30.7 Å². The molecule has 0 aliphatic carbocycles. The van der Waals surface area contributed by atoms with E-state index in [-0.39, 0.29) is 35.7 Å². The molecule has 6 rings (SSSR count). The van der Waals surface area contributed by atoms with Crippen LogP contribution in [0, 0.1) is 11.8 Å². The van der Waals surface area contributed by atoms with Gasteiger partial charge in [0.1, 0.15) is 30.3 Å². The zero-order chi connectivity index (χ0) is 38.5. The largest absolute Gasteiger partial charge is 0.453 e. The maximum absolute atomic E-state index is 13.5. The number of hydrogen-bond donors (Lipinski definition) is 5. The van der Waals surface area contributed by atoms with E-state index in [1.165, 1.54) is 7.11 Å². The SMILES string of the molecule is COC(=O)N[C@H](C(=O)N1CCCC1c1ncc(-c2ccc(-c3ccc(-c4cnc(C5CCCN5C(=O)C(NC(=O)CO)C(C)C)[nH]4)cc3)cc2)[nH]1)C(C)C. The van der Waals surface area contributed by atoms with E-state index in [0.29, 0.717) is 18.9 Å². The normalized spacial score (nSPS) is 18.2. The molecule has 4 amide bonds. The number of ether oxygens (including phenoxy) is 1. The molecule has 5 N–H and O–H groups in total. The number of imidazole rings is 2. The number of aliphatic hydroxyl groups excluding tert-OH is 1. The van der Waals surface area contributed by atoms with Crippen molar-refractivity contribution in [3.8, 4) is 33.6 Å². The van der Waals surface area contributed by atoms with Crippen molar-refractivity contribution in [2.24, 2.45) is 11.8 Å². The van der Waals surface area contributed by atoms with Crippen LogP contribution in [0.15, 0.2) is 60.9 Å². The van der Waals surface area contributed by atoms with Crippen molar-refractivity contribution in [3.63, 3.8) is 0 Å². The van der Waals surface area contributed by atoms with Crippen LogP contribution in [-0.2, 0) is 19.1 Å². The van der Waals surface area contributed by atoms with E-state index in [2.05, 4.69) is 54.8 Å². The first-order chi connectivity index (χ1) is 26.0. The van der Waals surface area contributed by atoms with Crippen LogP contribution in [0.4, 0.5) is 4.79 Å². The Morgan fingerprint density at radius 3 is 1.52 bits per heavy atom. The molecule has 0 saturated carbocycles. The quantitative estimate of drug-likeness (QED) is 0.135. The summed E-state index contributed by atoms with van der Waals surface area (Å²) in [7, 11) is 1.29. The van der Waals surface area contributed by atoms with E-state index in [0.717, 1.165) is 65.1 Å². The third-order valence-corrected chi connectivity index (χ3v) is 10.4. The van der Waals surface area contributed by atoms with Gasteiger partial charge in [-0.2, -0.15) is 0 Å². The summed E-state index contributed by atoms with van der Waals surface area (Å²) < 4.78 is 4.75. The van der Waals surface area contributed by atoms with Gasteiger partial charge in [0.2, 0.25) is 17.7 Å². The minimum absolute atomic E-state index is 0.107. The second kappa shape index (κ2) is 16.7. The van der Waals surface area contributed by atoms with Crippen molar-refractivity contribution in [1.29, 1.82) is 0 Å². The van der Waals surface area contributed by atoms with Crippen molar-refractivity contribution in [1.82, 2.24) is 40.4 Å². The number of aromatic amines is 2. The van der Waals surface area contributed by atoms with Crippen LogP contribution in [0.3, 0.4) is 0 Å². The average Bonchev–Trinajstić information content (AvgIpc) is 4.02. The Bertz CT molecular complexity index is 1800. The number of nitrogens with zero attached hydrogens (tertiary/aromatic N) is 4. The number of carbonyl (C=O) groups excluding carboxylic acids is 4. The van der Waals surface area contributed by atoms with E-state index in [1.54, 1.807) is 22.2 Å². The molecule has 54 heavy (non-hydrogen) atoms. The Morgan fingerprint density at radius 2 is 1.13 bits per heavy atom.